The van der Waals surface area contributed by atoms with Crippen LogP contribution in [0.2, 0.25) is 0 Å². The fourth-order valence-corrected chi connectivity index (χ4v) is 4.74. The first kappa shape index (κ1) is 17.4. The standard InChI is InChI=1S/C20H25N3O2S/c1-14-11-17-19(26-14)16(13-23-8-4-3-5-9-23)18(21-17)20(24)22(2)12-15-7-6-10-25-15/h6-7,10-11,21H,3-5,8-9,12-13H2,1-2H3. The van der Waals surface area contributed by atoms with Crippen LogP contribution in [0.3, 0.4) is 0 Å². The number of amides is 1. The molecule has 3 aromatic heterocycles. The summed E-state index contributed by atoms with van der Waals surface area (Å²) in [6.45, 7) is 5.67. The number of aromatic nitrogens is 1. The third-order valence-electron chi connectivity index (χ3n) is 5.05. The number of thiophene rings is 1. The zero-order chi connectivity index (χ0) is 18.1. The number of aryl methyl sites for hydroxylation is 1. The van der Waals surface area contributed by atoms with Gasteiger partial charge >= 0.3 is 0 Å². The van der Waals surface area contributed by atoms with Gasteiger partial charge < -0.3 is 14.3 Å². The second-order valence-electron chi connectivity index (χ2n) is 7.16. The lowest BCUT2D eigenvalue weighted by Crippen LogP contribution is -2.31. The Balaban J connectivity index is 1.63. The van der Waals surface area contributed by atoms with E-state index in [4.69, 9.17) is 4.42 Å². The molecule has 4 heterocycles. The Kier molecular flexibility index (Phi) is 4.87. The fraction of sp³-hybridized carbons (Fsp3) is 0.450. The van der Waals surface area contributed by atoms with E-state index < -0.39 is 0 Å². The van der Waals surface area contributed by atoms with Crippen LogP contribution in [0, 0.1) is 6.92 Å². The number of hydrogen-bond donors (Lipinski definition) is 1. The van der Waals surface area contributed by atoms with Crippen LogP contribution in [0.5, 0.6) is 0 Å². The van der Waals surface area contributed by atoms with Gasteiger partial charge in [0.1, 0.15) is 11.5 Å². The van der Waals surface area contributed by atoms with Crippen molar-refractivity contribution in [2.45, 2.75) is 39.3 Å². The molecule has 1 aliphatic heterocycles. The predicted molar refractivity (Wildman–Crippen MR) is 105 cm³/mol. The van der Waals surface area contributed by atoms with E-state index in [9.17, 15) is 4.79 Å². The van der Waals surface area contributed by atoms with Crippen molar-refractivity contribution in [1.29, 1.82) is 0 Å². The van der Waals surface area contributed by atoms with Crippen LogP contribution >= 0.6 is 11.3 Å². The number of likely N-dealkylation sites (tertiary alicyclic amines) is 1. The number of piperidine rings is 1. The second kappa shape index (κ2) is 7.29. The molecular formula is C20H25N3O2S. The third kappa shape index (κ3) is 3.44. The molecule has 0 aromatic carbocycles. The monoisotopic (exact) mass is 371 g/mol. The van der Waals surface area contributed by atoms with Gasteiger partial charge in [-0.25, -0.2) is 0 Å². The molecule has 6 heteroatoms. The number of carbonyl (C=O) groups excluding carboxylic acids is 1. The molecule has 0 unspecified atom stereocenters. The van der Waals surface area contributed by atoms with E-state index in [1.54, 1.807) is 22.5 Å². The van der Waals surface area contributed by atoms with Gasteiger partial charge in [0.05, 0.1) is 23.0 Å². The summed E-state index contributed by atoms with van der Waals surface area (Å²) < 4.78 is 6.62. The molecule has 0 saturated carbocycles. The first-order valence-electron chi connectivity index (χ1n) is 9.23. The molecule has 1 fully saturated rings. The Labute approximate surface area is 157 Å². The molecule has 1 amide bonds. The third-order valence-corrected chi connectivity index (χ3v) is 6.17. The lowest BCUT2D eigenvalue weighted by molar-refractivity contribution is 0.0768. The van der Waals surface area contributed by atoms with Gasteiger partial charge in [-0.05, 0) is 51.1 Å². The smallest absolute Gasteiger partial charge is 0.270 e. The van der Waals surface area contributed by atoms with Crippen molar-refractivity contribution >= 4 is 27.5 Å². The molecule has 5 nitrogen and oxygen atoms in total. The van der Waals surface area contributed by atoms with Crippen molar-refractivity contribution in [1.82, 2.24) is 14.8 Å². The Bertz CT molecular complexity index is 888. The van der Waals surface area contributed by atoms with E-state index >= 15 is 0 Å². The summed E-state index contributed by atoms with van der Waals surface area (Å²) in [4.78, 5) is 22.0. The fourth-order valence-electron chi connectivity index (χ4n) is 3.73. The highest BCUT2D eigenvalue weighted by molar-refractivity contribution is 7.19. The van der Waals surface area contributed by atoms with Gasteiger partial charge in [-0.1, -0.05) is 6.42 Å². The second-order valence-corrected chi connectivity index (χ2v) is 8.41. The van der Waals surface area contributed by atoms with Gasteiger partial charge in [0, 0.05) is 24.0 Å². The average molecular weight is 372 g/mol. The molecule has 0 bridgehead atoms. The molecule has 26 heavy (non-hydrogen) atoms. The maximum absolute atomic E-state index is 13.1. The maximum atomic E-state index is 13.1. The largest absolute Gasteiger partial charge is 0.467 e. The summed E-state index contributed by atoms with van der Waals surface area (Å²) in [5, 5.41) is 0. The van der Waals surface area contributed by atoms with Crippen LogP contribution in [-0.2, 0) is 13.1 Å². The number of nitrogens with one attached hydrogen (secondary N) is 1. The summed E-state index contributed by atoms with van der Waals surface area (Å²) >= 11 is 1.78. The molecule has 0 aliphatic carbocycles. The number of carbonyl (C=O) groups is 1. The Morgan fingerprint density at radius 2 is 2.15 bits per heavy atom. The van der Waals surface area contributed by atoms with Gasteiger partial charge in [0.25, 0.3) is 5.91 Å². The molecular weight excluding hydrogens is 346 g/mol. The van der Waals surface area contributed by atoms with E-state index in [0.717, 1.165) is 42.2 Å². The summed E-state index contributed by atoms with van der Waals surface area (Å²) in [5.41, 5.74) is 2.96. The lowest BCUT2D eigenvalue weighted by Gasteiger charge is -2.26. The number of nitrogens with zero attached hydrogens (tertiary/aromatic N) is 2. The summed E-state index contributed by atoms with van der Waals surface area (Å²) in [5.74, 6) is 0.817. The van der Waals surface area contributed by atoms with Crippen molar-refractivity contribution in [3.05, 3.63) is 46.4 Å². The van der Waals surface area contributed by atoms with Crippen LogP contribution in [0.4, 0.5) is 0 Å². The minimum Gasteiger partial charge on any atom is -0.467 e. The Hall–Kier alpha value is -2.05. The van der Waals surface area contributed by atoms with Crippen molar-refractivity contribution < 1.29 is 9.21 Å². The normalized spacial score (nSPS) is 15.6. The average Bonchev–Trinajstić information content (AvgIpc) is 3.33. The van der Waals surface area contributed by atoms with Gasteiger partial charge in [0.15, 0.2) is 0 Å². The molecule has 0 radical (unpaired) electrons. The Morgan fingerprint density at radius 1 is 1.35 bits per heavy atom. The van der Waals surface area contributed by atoms with E-state index in [2.05, 4.69) is 22.9 Å². The molecule has 1 N–H and O–H groups in total. The SMILES string of the molecule is Cc1cc2[nH]c(C(=O)N(C)Cc3ccco3)c(CN3CCCCC3)c2s1. The van der Waals surface area contributed by atoms with Crippen LogP contribution in [0.15, 0.2) is 28.9 Å². The molecule has 0 spiro atoms. The zero-order valence-corrected chi connectivity index (χ0v) is 16.2. The van der Waals surface area contributed by atoms with Crippen LogP contribution < -0.4 is 0 Å². The van der Waals surface area contributed by atoms with Crippen LogP contribution in [-0.4, -0.2) is 40.8 Å². The van der Waals surface area contributed by atoms with Crippen molar-refractivity contribution in [3.63, 3.8) is 0 Å². The first-order chi connectivity index (χ1) is 12.6. The first-order valence-corrected chi connectivity index (χ1v) is 10.0. The summed E-state index contributed by atoms with van der Waals surface area (Å²) in [7, 11) is 1.83. The van der Waals surface area contributed by atoms with Crippen LogP contribution in [0.25, 0.3) is 10.2 Å². The van der Waals surface area contributed by atoms with E-state index in [1.165, 1.54) is 28.8 Å². The number of fused-ring (bicyclic) bond motifs is 1. The van der Waals surface area contributed by atoms with Crippen LogP contribution in [0.1, 0.15) is 46.0 Å². The van der Waals surface area contributed by atoms with Gasteiger partial charge in [-0.15, -0.1) is 11.3 Å². The van der Waals surface area contributed by atoms with Gasteiger partial charge in [-0.3, -0.25) is 9.69 Å². The summed E-state index contributed by atoms with van der Waals surface area (Å²) in [6.07, 6.45) is 5.45. The summed E-state index contributed by atoms with van der Waals surface area (Å²) in [6, 6.07) is 5.89. The molecule has 4 rings (SSSR count). The highest BCUT2D eigenvalue weighted by Crippen LogP contribution is 2.32. The Morgan fingerprint density at radius 3 is 2.88 bits per heavy atom. The van der Waals surface area contributed by atoms with E-state index in [1.807, 2.05) is 19.2 Å². The highest BCUT2D eigenvalue weighted by atomic mass is 32.1. The molecule has 1 saturated heterocycles. The predicted octanol–water partition coefficient (Wildman–Crippen LogP) is 4.39. The number of H-pyrrole nitrogens is 1. The van der Waals surface area contributed by atoms with Crippen molar-refractivity contribution in [2.24, 2.45) is 0 Å². The topological polar surface area (TPSA) is 52.5 Å². The molecule has 3 aromatic rings. The van der Waals surface area contributed by atoms with E-state index in [0.29, 0.717) is 6.54 Å². The molecule has 138 valence electrons. The zero-order valence-electron chi connectivity index (χ0n) is 15.4. The van der Waals surface area contributed by atoms with Gasteiger partial charge in [0.2, 0.25) is 0 Å². The van der Waals surface area contributed by atoms with Gasteiger partial charge in [-0.2, -0.15) is 0 Å². The molecule has 0 atom stereocenters. The lowest BCUT2D eigenvalue weighted by atomic mass is 10.1. The maximum Gasteiger partial charge on any atom is 0.270 e. The molecule has 1 aliphatic rings. The number of hydrogen-bond acceptors (Lipinski definition) is 4. The minimum atomic E-state index is 0.0227. The number of rotatable bonds is 5. The van der Waals surface area contributed by atoms with Crippen molar-refractivity contribution in [3.8, 4) is 0 Å². The van der Waals surface area contributed by atoms with Crippen molar-refractivity contribution in [2.75, 3.05) is 20.1 Å². The highest BCUT2D eigenvalue weighted by Gasteiger charge is 2.24. The van der Waals surface area contributed by atoms with E-state index in [-0.39, 0.29) is 5.91 Å². The minimum absolute atomic E-state index is 0.0227. The quantitative estimate of drug-likeness (QED) is 0.724. The number of aromatic amines is 1. The number of furan rings is 1.